The summed E-state index contributed by atoms with van der Waals surface area (Å²) in [5.74, 6) is -0.921. The van der Waals surface area contributed by atoms with Gasteiger partial charge >= 0.3 is 6.18 Å². The molecule has 0 fully saturated rings. The SMILES string of the molecule is NC(/C=C\NCc1ccc(Cl)cc1C(F)(F)F)=NC(=O)c1c(Cl)cccc1Cl. The number of nitrogens with one attached hydrogen (secondary N) is 1. The molecular weight excluding hydrogens is 438 g/mol. The fraction of sp³-hybridized carbons (Fsp3) is 0.111. The molecule has 2 aromatic rings. The van der Waals surface area contributed by atoms with Crippen LogP contribution in [0.25, 0.3) is 0 Å². The molecule has 0 aliphatic carbocycles. The minimum absolute atomic E-state index is 0.00372. The second kappa shape index (κ2) is 9.32. The van der Waals surface area contributed by atoms with E-state index in [4.69, 9.17) is 40.5 Å². The lowest BCUT2D eigenvalue weighted by Crippen LogP contribution is -2.16. The van der Waals surface area contributed by atoms with Crippen LogP contribution in [-0.4, -0.2) is 11.7 Å². The molecule has 0 saturated carbocycles. The monoisotopic (exact) mass is 449 g/mol. The number of hydrogen-bond donors (Lipinski definition) is 2. The standard InChI is InChI=1S/C18H13Cl3F3N3O/c19-11-5-4-10(12(8-11)18(22,23)24)9-26-7-6-15(25)27-17(28)16-13(20)2-1-3-14(16)21/h1-8,26H,9H2,(H2,25,27,28)/b7-6-. The van der Waals surface area contributed by atoms with Crippen molar-refractivity contribution in [3.8, 4) is 0 Å². The normalized spacial score (nSPS) is 12.4. The zero-order valence-electron chi connectivity index (χ0n) is 14.0. The Kier molecular flexibility index (Phi) is 7.35. The second-order valence-corrected chi connectivity index (χ2v) is 6.70. The molecule has 0 aliphatic rings. The summed E-state index contributed by atoms with van der Waals surface area (Å²) >= 11 is 17.5. The Morgan fingerprint density at radius 3 is 2.39 bits per heavy atom. The molecule has 1 amide bonds. The molecule has 0 radical (unpaired) electrons. The average molecular weight is 451 g/mol. The van der Waals surface area contributed by atoms with Crippen molar-refractivity contribution in [1.29, 1.82) is 0 Å². The molecule has 0 aliphatic heterocycles. The van der Waals surface area contributed by atoms with Gasteiger partial charge in [-0.2, -0.15) is 18.2 Å². The van der Waals surface area contributed by atoms with E-state index in [1.165, 1.54) is 36.5 Å². The van der Waals surface area contributed by atoms with E-state index in [9.17, 15) is 18.0 Å². The van der Waals surface area contributed by atoms with Crippen molar-refractivity contribution in [2.45, 2.75) is 12.7 Å². The molecule has 0 saturated heterocycles. The van der Waals surface area contributed by atoms with E-state index >= 15 is 0 Å². The van der Waals surface area contributed by atoms with Gasteiger partial charge in [0.05, 0.1) is 21.2 Å². The largest absolute Gasteiger partial charge is 0.416 e. The van der Waals surface area contributed by atoms with Crippen molar-refractivity contribution in [3.63, 3.8) is 0 Å². The third kappa shape index (κ3) is 5.89. The Labute approximate surface area is 173 Å². The van der Waals surface area contributed by atoms with Crippen LogP contribution < -0.4 is 11.1 Å². The molecule has 0 bridgehead atoms. The highest BCUT2D eigenvalue weighted by molar-refractivity contribution is 6.40. The summed E-state index contributed by atoms with van der Waals surface area (Å²) in [5.41, 5.74) is 4.79. The molecule has 10 heteroatoms. The summed E-state index contributed by atoms with van der Waals surface area (Å²) in [5, 5.41) is 2.89. The Morgan fingerprint density at radius 2 is 1.79 bits per heavy atom. The Hall–Kier alpha value is -2.22. The van der Waals surface area contributed by atoms with Crippen molar-refractivity contribution in [2.75, 3.05) is 0 Å². The molecule has 0 atom stereocenters. The highest BCUT2D eigenvalue weighted by Gasteiger charge is 2.33. The summed E-state index contributed by atoms with van der Waals surface area (Å²) in [6, 6.07) is 8.02. The predicted octanol–water partition coefficient (Wildman–Crippen LogP) is 5.47. The first-order chi connectivity index (χ1) is 13.1. The number of benzene rings is 2. The number of aliphatic imine (C=N–C) groups is 1. The third-order valence-electron chi connectivity index (χ3n) is 3.45. The fourth-order valence-corrected chi connectivity index (χ4v) is 2.92. The van der Waals surface area contributed by atoms with Gasteiger partial charge in [-0.25, -0.2) is 0 Å². The van der Waals surface area contributed by atoms with E-state index in [0.29, 0.717) is 0 Å². The number of nitrogens with two attached hydrogens (primary N) is 1. The summed E-state index contributed by atoms with van der Waals surface area (Å²) in [6.07, 6.45) is -2.03. The van der Waals surface area contributed by atoms with Crippen LogP contribution in [0, 0.1) is 0 Å². The maximum absolute atomic E-state index is 13.0. The molecule has 0 unspecified atom stereocenters. The van der Waals surface area contributed by atoms with Crippen LogP contribution in [0.4, 0.5) is 13.2 Å². The van der Waals surface area contributed by atoms with E-state index < -0.39 is 17.6 Å². The number of alkyl halides is 3. The van der Waals surface area contributed by atoms with Crippen LogP contribution in [0.5, 0.6) is 0 Å². The van der Waals surface area contributed by atoms with Crippen LogP contribution in [0.1, 0.15) is 21.5 Å². The lowest BCUT2D eigenvalue weighted by Gasteiger charge is -2.13. The molecule has 4 nitrogen and oxygen atoms in total. The molecule has 0 heterocycles. The third-order valence-corrected chi connectivity index (χ3v) is 4.31. The van der Waals surface area contributed by atoms with E-state index in [2.05, 4.69) is 10.3 Å². The van der Waals surface area contributed by atoms with Crippen LogP contribution in [-0.2, 0) is 12.7 Å². The van der Waals surface area contributed by atoms with E-state index in [1.54, 1.807) is 6.07 Å². The average Bonchev–Trinajstić information content (AvgIpc) is 2.58. The van der Waals surface area contributed by atoms with Crippen LogP contribution in [0.2, 0.25) is 15.1 Å². The van der Waals surface area contributed by atoms with Gasteiger partial charge in [-0.3, -0.25) is 4.79 Å². The number of nitrogens with zero attached hydrogens (tertiary/aromatic N) is 1. The van der Waals surface area contributed by atoms with Crippen molar-refractivity contribution >= 4 is 46.5 Å². The number of carbonyl (C=O) groups is 1. The van der Waals surface area contributed by atoms with Crippen LogP contribution in [0.3, 0.4) is 0 Å². The Bertz CT molecular complexity index is 923. The highest BCUT2D eigenvalue weighted by atomic mass is 35.5. The Balaban J connectivity index is 2.06. The minimum atomic E-state index is -4.53. The number of carbonyl (C=O) groups excluding carboxylic acids is 1. The number of halogens is 6. The summed E-state index contributed by atoms with van der Waals surface area (Å²) < 4.78 is 39.1. The van der Waals surface area contributed by atoms with Gasteiger partial charge in [0.1, 0.15) is 5.84 Å². The van der Waals surface area contributed by atoms with Gasteiger partial charge in [0.2, 0.25) is 0 Å². The van der Waals surface area contributed by atoms with Gasteiger partial charge in [-0.15, -0.1) is 0 Å². The summed E-state index contributed by atoms with van der Waals surface area (Å²) in [4.78, 5) is 15.8. The molecule has 0 spiro atoms. The maximum atomic E-state index is 13.0. The summed E-state index contributed by atoms with van der Waals surface area (Å²) in [7, 11) is 0. The van der Waals surface area contributed by atoms with Crippen LogP contribution in [0.15, 0.2) is 53.7 Å². The number of amides is 1. The first kappa shape index (κ1) is 22.1. The molecule has 3 N–H and O–H groups in total. The van der Waals surface area contributed by atoms with Crippen LogP contribution >= 0.6 is 34.8 Å². The molecule has 28 heavy (non-hydrogen) atoms. The lowest BCUT2D eigenvalue weighted by molar-refractivity contribution is -0.138. The van der Waals surface area contributed by atoms with Crippen molar-refractivity contribution in [2.24, 2.45) is 10.7 Å². The first-order valence-electron chi connectivity index (χ1n) is 7.67. The van der Waals surface area contributed by atoms with Crippen molar-refractivity contribution in [1.82, 2.24) is 5.32 Å². The lowest BCUT2D eigenvalue weighted by atomic mass is 10.1. The molecule has 2 aromatic carbocycles. The second-order valence-electron chi connectivity index (χ2n) is 5.45. The number of amidine groups is 1. The van der Waals surface area contributed by atoms with E-state index in [-0.39, 0.29) is 38.6 Å². The van der Waals surface area contributed by atoms with Crippen molar-refractivity contribution in [3.05, 3.63) is 80.4 Å². The zero-order valence-corrected chi connectivity index (χ0v) is 16.3. The maximum Gasteiger partial charge on any atom is 0.416 e. The number of hydrogen-bond acceptors (Lipinski definition) is 2. The quantitative estimate of drug-likeness (QED) is 0.469. The highest BCUT2D eigenvalue weighted by Crippen LogP contribution is 2.33. The fourth-order valence-electron chi connectivity index (χ4n) is 2.19. The van der Waals surface area contributed by atoms with E-state index in [1.807, 2.05) is 0 Å². The molecule has 148 valence electrons. The number of rotatable bonds is 5. The zero-order chi connectivity index (χ0) is 20.9. The van der Waals surface area contributed by atoms with Gasteiger partial charge in [0, 0.05) is 17.8 Å². The molecular formula is C18H13Cl3F3N3O. The first-order valence-corrected chi connectivity index (χ1v) is 8.81. The molecule has 2 rings (SSSR count). The minimum Gasteiger partial charge on any atom is -0.387 e. The van der Waals surface area contributed by atoms with Gasteiger partial charge < -0.3 is 11.1 Å². The van der Waals surface area contributed by atoms with Gasteiger partial charge in [-0.05, 0) is 35.9 Å². The van der Waals surface area contributed by atoms with Gasteiger partial charge in [0.25, 0.3) is 5.91 Å². The predicted molar refractivity (Wildman–Crippen MR) is 105 cm³/mol. The summed E-state index contributed by atoms with van der Waals surface area (Å²) in [6.45, 7) is -0.139. The Morgan fingerprint density at radius 1 is 1.14 bits per heavy atom. The van der Waals surface area contributed by atoms with Gasteiger partial charge in [-0.1, -0.05) is 46.9 Å². The van der Waals surface area contributed by atoms with Crippen molar-refractivity contribution < 1.29 is 18.0 Å². The topological polar surface area (TPSA) is 67.5 Å². The van der Waals surface area contributed by atoms with E-state index in [0.717, 1.165) is 6.07 Å². The molecule has 0 aromatic heterocycles. The smallest absolute Gasteiger partial charge is 0.387 e. The van der Waals surface area contributed by atoms with Gasteiger partial charge in [0.15, 0.2) is 0 Å².